The van der Waals surface area contributed by atoms with Gasteiger partial charge in [-0.2, -0.15) is 0 Å². The predicted molar refractivity (Wildman–Crippen MR) is 48.7 cm³/mol. The fourth-order valence-corrected chi connectivity index (χ4v) is 1.94. The molecular weight excluding hydrogens is 186 g/mol. The molecule has 0 aromatic heterocycles. The molecule has 1 saturated carbocycles. The van der Waals surface area contributed by atoms with Crippen molar-refractivity contribution in [3.05, 3.63) is 0 Å². The topological polar surface area (TPSA) is 86.6 Å². The van der Waals surface area contributed by atoms with Crippen LogP contribution >= 0.6 is 0 Å². The zero-order valence-electron chi connectivity index (χ0n) is 8.12. The highest BCUT2D eigenvalue weighted by Crippen LogP contribution is 2.28. The fraction of sp³-hybridized carbons (Fsp3) is 0.778. The van der Waals surface area contributed by atoms with Crippen molar-refractivity contribution in [2.45, 2.75) is 44.2 Å². The standard InChI is InChI=1S/C9H15NO4/c1-6(11)10-9(8(13)14)4-2-3-7(12)5-9/h7,12H,2-5H2,1H3,(H,10,11)(H,13,14)/t7-,9+/m1/s1. The number of hydrogen-bond acceptors (Lipinski definition) is 3. The monoisotopic (exact) mass is 201 g/mol. The van der Waals surface area contributed by atoms with E-state index in [0.29, 0.717) is 19.3 Å². The molecule has 0 unspecified atom stereocenters. The van der Waals surface area contributed by atoms with Crippen LogP contribution in [0.2, 0.25) is 0 Å². The third-order valence-corrected chi connectivity index (χ3v) is 2.55. The van der Waals surface area contributed by atoms with Crippen molar-refractivity contribution >= 4 is 11.9 Å². The third-order valence-electron chi connectivity index (χ3n) is 2.55. The number of carbonyl (C=O) groups is 2. The van der Waals surface area contributed by atoms with E-state index in [2.05, 4.69) is 5.32 Å². The van der Waals surface area contributed by atoms with Gasteiger partial charge < -0.3 is 15.5 Å². The number of carbonyl (C=O) groups excluding carboxylic acids is 1. The maximum Gasteiger partial charge on any atom is 0.329 e. The first-order chi connectivity index (χ1) is 6.46. The van der Waals surface area contributed by atoms with Crippen LogP contribution in [0, 0.1) is 0 Å². The first-order valence-electron chi connectivity index (χ1n) is 4.66. The van der Waals surface area contributed by atoms with Gasteiger partial charge in [-0.3, -0.25) is 4.79 Å². The summed E-state index contributed by atoms with van der Waals surface area (Å²) in [5.74, 6) is -1.44. The molecule has 0 bridgehead atoms. The molecule has 0 saturated heterocycles. The van der Waals surface area contributed by atoms with Gasteiger partial charge in [0, 0.05) is 13.3 Å². The molecule has 3 N–H and O–H groups in total. The number of aliphatic hydroxyl groups is 1. The fourth-order valence-electron chi connectivity index (χ4n) is 1.94. The number of carboxylic acid groups (broad SMARTS) is 1. The van der Waals surface area contributed by atoms with Gasteiger partial charge in [0.15, 0.2) is 0 Å². The van der Waals surface area contributed by atoms with Gasteiger partial charge in [0.1, 0.15) is 5.54 Å². The molecule has 0 aromatic carbocycles. The van der Waals surface area contributed by atoms with Gasteiger partial charge >= 0.3 is 5.97 Å². The highest BCUT2D eigenvalue weighted by atomic mass is 16.4. The Kier molecular flexibility index (Phi) is 3.10. The number of amides is 1. The van der Waals surface area contributed by atoms with Crippen molar-refractivity contribution in [1.29, 1.82) is 0 Å². The Labute approximate surface area is 82.1 Å². The minimum absolute atomic E-state index is 0.0991. The maximum absolute atomic E-state index is 11.0. The van der Waals surface area contributed by atoms with Gasteiger partial charge in [-0.1, -0.05) is 0 Å². The summed E-state index contributed by atoms with van der Waals surface area (Å²) in [4.78, 5) is 21.9. The second-order valence-corrected chi connectivity index (χ2v) is 3.82. The molecule has 14 heavy (non-hydrogen) atoms. The molecule has 0 aliphatic heterocycles. The van der Waals surface area contributed by atoms with Crippen molar-refractivity contribution in [1.82, 2.24) is 5.32 Å². The molecule has 1 aliphatic rings. The molecule has 5 heteroatoms. The Morgan fingerprint density at radius 1 is 1.50 bits per heavy atom. The van der Waals surface area contributed by atoms with Crippen molar-refractivity contribution in [3.8, 4) is 0 Å². The van der Waals surface area contributed by atoms with Crippen LogP contribution in [-0.4, -0.2) is 33.7 Å². The maximum atomic E-state index is 11.0. The molecule has 1 rings (SSSR count). The first-order valence-corrected chi connectivity index (χ1v) is 4.66. The lowest BCUT2D eigenvalue weighted by atomic mass is 9.80. The minimum Gasteiger partial charge on any atom is -0.480 e. The van der Waals surface area contributed by atoms with Crippen LogP contribution < -0.4 is 5.32 Å². The van der Waals surface area contributed by atoms with Crippen LogP contribution in [0.15, 0.2) is 0 Å². The summed E-state index contributed by atoms with van der Waals surface area (Å²) in [6.45, 7) is 1.28. The number of hydrogen-bond donors (Lipinski definition) is 3. The van der Waals surface area contributed by atoms with Crippen LogP contribution in [0.4, 0.5) is 0 Å². The van der Waals surface area contributed by atoms with Crippen molar-refractivity contribution in [2.75, 3.05) is 0 Å². The summed E-state index contributed by atoms with van der Waals surface area (Å²) >= 11 is 0. The summed E-state index contributed by atoms with van der Waals surface area (Å²) in [5.41, 5.74) is -1.26. The van der Waals surface area contributed by atoms with Gasteiger partial charge in [-0.05, 0) is 19.3 Å². The van der Waals surface area contributed by atoms with Gasteiger partial charge in [0.25, 0.3) is 0 Å². The summed E-state index contributed by atoms with van der Waals surface area (Å²) in [5, 5.41) is 20.8. The number of aliphatic hydroxyl groups excluding tert-OH is 1. The van der Waals surface area contributed by atoms with Crippen molar-refractivity contribution in [3.63, 3.8) is 0 Å². The van der Waals surface area contributed by atoms with E-state index in [1.54, 1.807) is 0 Å². The third kappa shape index (κ3) is 2.23. The van der Waals surface area contributed by atoms with E-state index in [-0.39, 0.29) is 12.3 Å². The molecule has 1 fully saturated rings. The minimum atomic E-state index is -1.26. The smallest absolute Gasteiger partial charge is 0.329 e. The van der Waals surface area contributed by atoms with Crippen LogP contribution in [0.25, 0.3) is 0 Å². The second kappa shape index (κ2) is 3.96. The lowest BCUT2D eigenvalue weighted by Crippen LogP contribution is -2.57. The van der Waals surface area contributed by atoms with Crippen LogP contribution in [0.1, 0.15) is 32.6 Å². The Morgan fingerprint density at radius 3 is 2.57 bits per heavy atom. The van der Waals surface area contributed by atoms with E-state index in [9.17, 15) is 14.7 Å². The van der Waals surface area contributed by atoms with Crippen molar-refractivity contribution in [2.24, 2.45) is 0 Å². The first kappa shape index (κ1) is 11.0. The molecule has 80 valence electrons. The predicted octanol–water partition coefficient (Wildman–Crippen LogP) is -0.119. The van der Waals surface area contributed by atoms with Gasteiger partial charge in [-0.25, -0.2) is 4.79 Å². The lowest BCUT2D eigenvalue weighted by Gasteiger charge is -2.35. The molecule has 0 radical (unpaired) electrons. The van der Waals surface area contributed by atoms with E-state index in [4.69, 9.17) is 5.11 Å². The van der Waals surface area contributed by atoms with Gasteiger partial charge in [-0.15, -0.1) is 0 Å². The molecule has 0 aromatic rings. The number of nitrogens with one attached hydrogen (secondary N) is 1. The number of aliphatic carboxylic acids is 1. The average molecular weight is 201 g/mol. The molecule has 1 amide bonds. The normalized spacial score (nSPS) is 32.3. The SMILES string of the molecule is CC(=O)N[C@@]1(C(=O)O)CCC[C@@H](O)C1. The number of rotatable bonds is 2. The molecule has 0 spiro atoms. The summed E-state index contributed by atoms with van der Waals surface area (Å²) in [6, 6.07) is 0. The largest absolute Gasteiger partial charge is 0.480 e. The van der Waals surface area contributed by atoms with Gasteiger partial charge in [0.2, 0.25) is 5.91 Å². The van der Waals surface area contributed by atoms with E-state index in [1.807, 2.05) is 0 Å². The van der Waals surface area contributed by atoms with Crippen molar-refractivity contribution < 1.29 is 19.8 Å². The highest BCUT2D eigenvalue weighted by molar-refractivity contribution is 5.86. The Balaban J connectivity index is 2.80. The highest BCUT2D eigenvalue weighted by Gasteiger charge is 2.43. The molecular formula is C9H15NO4. The Bertz CT molecular complexity index is 253. The zero-order valence-corrected chi connectivity index (χ0v) is 8.12. The Hall–Kier alpha value is -1.10. The van der Waals surface area contributed by atoms with Crippen LogP contribution in [-0.2, 0) is 9.59 Å². The molecule has 0 heterocycles. The summed E-state index contributed by atoms with van der Waals surface area (Å²) < 4.78 is 0. The number of carboxylic acids is 1. The Morgan fingerprint density at radius 2 is 2.14 bits per heavy atom. The molecule has 1 aliphatic carbocycles. The van der Waals surface area contributed by atoms with Crippen LogP contribution in [0.3, 0.4) is 0 Å². The van der Waals surface area contributed by atoms with E-state index < -0.39 is 17.6 Å². The molecule has 5 nitrogen and oxygen atoms in total. The zero-order chi connectivity index (χ0) is 10.8. The molecule has 2 atom stereocenters. The van der Waals surface area contributed by atoms with E-state index >= 15 is 0 Å². The average Bonchev–Trinajstić information content (AvgIpc) is 2.02. The quantitative estimate of drug-likeness (QED) is 0.581. The van der Waals surface area contributed by atoms with E-state index in [1.165, 1.54) is 6.92 Å². The second-order valence-electron chi connectivity index (χ2n) is 3.82. The van der Waals surface area contributed by atoms with E-state index in [0.717, 1.165) is 0 Å². The summed E-state index contributed by atoms with van der Waals surface area (Å²) in [7, 11) is 0. The summed E-state index contributed by atoms with van der Waals surface area (Å²) in [6.07, 6.45) is 1.08. The lowest BCUT2D eigenvalue weighted by molar-refractivity contribution is -0.150. The van der Waals surface area contributed by atoms with Crippen LogP contribution in [0.5, 0.6) is 0 Å². The van der Waals surface area contributed by atoms with Gasteiger partial charge in [0.05, 0.1) is 6.10 Å².